The van der Waals surface area contributed by atoms with Gasteiger partial charge in [-0.2, -0.15) is 13.2 Å². The van der Waals surface area contributed by atoms with Gasteiger partial charge in [0, 0.05) is 13.7 Å². The van der Waals surface area contributed by atoms with E-state index in [1.807, 2.05) is 0 Å². The fourth-order valence-electron chi connectivity index (χ4n) is 9.72. The van der Waals surface area contributed by atoms with Crippen molar-refractivity contribution in [2.75, 3.05) is 13.7 Å². The molecule has 0 amide bonds. The van der Waals surface area contributed by atoms with E-state index in [2.05, 4.69) is 13.8 Å². The fraction of sp³-hybridized carbons (Fsp3) is 1.00. The van der Waals surface area contributed by atoms with Crippen LogP contribution in [0.3, 0.4) is 0 Å². The number of fused-ring (bicyclic) bond motifs is 7. The third-order valence-electron chi connectivity index (χ3n) is 10.8. The number of ether oxygens (including phenoxy) is 1. The zero-order chi connectivity index (χ0) is 20.6. The van der Waals surface area contributed by atoms with Crippen molar-refractivity contribution in [2.45, 2.75) is 77.8 Å². The molecule has 0 aromatic rings. The molecule has 5 fully saturated rings. The minimum atomic E-state index is -3.98. The van der Waals surface area contributed by atoms with Gasteiger partial charge in [-0.25, -0.2) is 0 Å². The molecule has 0 heterocycles. The molecular formula is C25H39F3O. The zero-order valence-electron chi connectivity index (χ0n) is 18.4. The monoisotopic (exact) mass is 412 g/mol. The second-order valence-electron chi connectivity index (χ2n) is 11.7. The van der Waals surface area contributed by atoms with Crippen molar-refractivity contribution in [2.24, 2.45) is 64.6 Å². The number of halogens is 3. The Morgan fingerprint density at radius 2 is 1.72 bits per heavy atom. The lowest BCUT2D eigenvalue weighted by Crippen LogP contribution is -2.51. The topological polar surface area (TPSA) is 9.23 Å². The van der Waals surface area contributed by atoms with Gasteiger partial charge >= 0.3 is 6.18 Å². The van der Waals surface area contributed by atoms with Gasteiger partial charge in [0.2, 0.25) is 0 Å². The summed E-state index contributed by atoms with van der Waals surface area (Å²) in [6, 6.07) is 0. The van der Waals surface area contributed by atoms with E-state index in [0.717, 1.165) is 55.0 Å². The number of rotatable bonds is 4. The molecule has 7 unspecified atom stereocenters. The molecule has 11 atom stereocenters. The van der Waals surface area contributed by atoms with Crippen LogP contribution < -0.4 is 0 Å². The van der Waals surface area contributed by atoms with Gasteiger partial charge in [0.15, 0.2) is 0 Å². The average Bonchev–Trinajstić information content (AvgIpc) is 3.22. The smallest absolute Gasteiger partial charge is 0.385 e. The summed E-state index contributed by atoms with van der Waals surface area (Å²) in [5.41, 5.74) is 0.479. The van der Waals surface area contributed by atoms with Crippen LogP contribution in [0.4, 0.5) is 13.2 Å². The van der Waals surface area contributed by atoms with E-state index >= 15 is 0 Å². The number of methoxy groups -OCH3 is 1. The second kappa shape index (κ2) is 7.14. The molecule has 29 heavy (non-hydrogen) atoms. The fourth-order valence-corrected chi connectivity index (χ4v) is 9.72. The van der Waals surface area contributed by atoms with Crippen LogP contribution >= 0.6 is 0 Å². The van der Waals surface area contributed by atoms with Crippen molar-refractivity contribution in [1.29, 1.82) is 0 Å². The van der Waals surface area contributed by atoms with Crippen molar-refractivity contribution < 1.29 is 17.9 Å². The van der Waals surface area contributed by atoms with Crippen LogP contribution in [-0.2, 0) is 4.74 Å². The SMILES string of the molecule is COCCCC1C2C(C)C2C2[C@@H]3CC[C@@H]4CC(C(F)(F)F)CC[C@@H]4C3CC[C@]12C. The summed E-state index contributed by atoms with van der Waals surface area (Å²) < 4.78 is 45.3. The van der Waals surface area contributed by atoms with Crippen LogP contribution in [-0.4, -0.2) is 19.9 Å². The Bertz CT molecular complexity index is 618. The Balaban J connectivity index is 1.33. The predicted molar refractivity (Wildman–Crippen MR) is 108 cm³/mol. The molecule has 0 aromatic heterocycles. The highest BCUT2D eigenvalue weighted by molar-refractivity contribution is 5.19. The van der Waals surface area contributed by atoms with E-state index < -0.39 is 12.1 Å². The van der Waals surface area contributed by atoms with Gasteiger partial charge in [-0.15, -0.1) is 0 Å². The third-order valence-corrected chi connectivity index (χ3v) is 10.8. The third kappa shape index (κ3) is 3.12. The highest BCUT2D eigenvalue weighted by atomic mass is 19.4. The molecule has 0 bridgehead atoms. The van der Waals surface area contributed by atoms with Crippen molar-refractivity contribution in [3.63, 3.8) is 0 Å². The van der Waals surface area contributed by atoms with Gasteiger partial charge in [-0.05, 0) is 116 Å². The van der Waals surface area contributed by atoms with Crippen LogP contribution in [0.1, 0.15) is 71.6 Å². The van der Waals surface area contributed by atoms with E-state index in [9.17, 15) is 13.2 Å². The van der Waals surface area contributed by atoms with Crippen LogP contribution in [0, 0.1) is 64.6 Å². The van der Waals surface area contributed by atoms with Crippen molar-refractivity contribution >= 4 is 0 Å². The standard InChI is InChI=1S/C25H39F3O/c1-14-21-20(5-4-12-29-3)24(2)11-10-18-17-9-7-16(25(26,27)28)13-15(17)6-8-19(18)23(24)22(14)21/h14-23H,4-13H2,1-3H3/t14?,15-,16?,17+,18?,19-,20?,21?,22?,23?,24-/m1/s1. The highest BCUT2D eigenvalue weighted by Crippen LogP contribution is 2.77. The van der Waals surface area contributed by atoms with Gasteiger partial charge in [-0.3, -0.25) is 0 Å². The Morgan fingerprint density at radius 3 is 2.45 bits per heavy atom. The Morgan fingerprint density at radius 1 is 0.966 bits per heavy atom. The van der Waals surface area contributed by atoms with Gasteiger partial charge < -0.3 is 4.74 Å². The second-order valence-corrected chi connectivity index (χ2v) is 11.7. The number of hydrogen-bond donors (Lipinski definition) is 0. The van der Waals surface area contributed by atoms with E-state index in [1.54, 1.807) is 7.11 Å². The lowest BCUT2D eigenvalue weighted by atomic mass is 9.47. The molecule has 0 aromatic carbocycles. The molecule has 1 nitrogen and oxygen atoms in total. The molecule has 0 saturated heterocycles. The molecule has 5 saturated carbocycles. The number of alkyl halides is 3. The maximum absolute atomic E-state index is 13.3. The lowest BCUT2D eigenvalue weighted by molar-refractivity contribution is -0.196. The molecule has 0 radical (unpaired) electrons. The van der Waals surface area contributed by atoms with E-state index in [0.29, 0.717) is 36.0 Å². The minimum Gasteiger partial charge on any atom is -0.385 e. The van der Waals surface area contributed by atoms with Crippen LogP contribution in [0.25, 0.3) is 0 Å². The van der Waals surface area contributed by atoms with Crippen LogP contribution in [0.5, 0.6) is 0 Å². The van der Waals surface area contributed by atoms with E-state index in [1.165, 1.54) is 32.1 Å². The first-order valence-corrected chi connectivity index (χ1v) is 12.3. The van der Waals surface area contributed by atoms with Gasteiger partial charge in [0.05, 0.1) is 5.92 Å². The Labute approximate surface area is 174 Å². The summed E-state index contributed by atoms with van der Waals surface area (Å²) in [6.45, 7) is 5.94. The quantitative estimate of drug-likeness (QED) is 0.453. The molecule has 166 valence electrons. The van der Waals surface area contributed by atoms with Crippen molar-refractivity contribution in [3.05, 3.63) is 0 Å². The molecule has 5 aliphatic carbocycles. The van der Waals surface area contributed by atoms with E-state index in [4.69, 9.17) is 4.74 Å². The maximum Gasteiger partial charge on any atom is 0.391 e. The summed E-state index contributed by atoms with van der Waals surface area (Å²) in [4.78, 5) is 0. The Kier molecular flexibility index (Phi) is 5.08. The molecule has 0 N–H and O–H groups in total. The largest absolute Gasteiger partial charge is 0.391 e. The molecule has 0 spiro atoms. The molecule has 4 heteroatoms. The molecular weight excluding hydrogens is 373 g/mol. The first-order chi connectivity index (χ1) is 13.8. The normalized spacial score (nSPS) is 53.6. The summed E-state index contributed by atoms with van der Waals surface area (Å²) >= 11 is 0. The highest BCUT2D eigenvalue weighted by Gasteiger charge is 2.72. The molecule has 5 rings (SSSR count). The average molecular weight is 413 g/mol. The summed E-state index contributed by atoms with van der Waals surface area (Å²) in [5, 5.41) is 0. The first-order valence-electron chi connectivity index (χ1n) is 12.3. The molecule has 5 aliphatic rings. The first kappa shape index (κ1) is 20.6. The van der Waals surface area contributed by atoms with Crippen LogP contribution in [0.2, 0.25) is 0 Å². The molecule has 0 aliphatic heterocycles. The van der Waals surface area contributed by atoms with Crippen molar-refractivity contribution in [3.8, 4) is 0 Å². The van der Waals surface area contributed by atoms with Gasteiger partial charge in [-0.1, -0.05) is 13.8 Å². The van der Waals surface area contributed by atoms with Crippen LogP contribution in [0.15, 0.2) is 0 Å². The van der Waals surface area contributed by atoms with Gasteiger partial charge in [0.25, 0.3) is 0 Å². The summed E-state index contributed by atoms with van der Waals surface area (Å²) in [7, 11) is 1.80. The van der Waals surface area contributed by atoms with Gasteiger partial charge in [0.1, 0.15) is 0 Å². The minimum absolute atomic E-state index is 0.340. The zero-order valence-corrected chi connectivity index (χ0v) is 18.4. The number of hydrogen-bond acceptors (Lipinski definition) is 1. The Hall–Kier alpha value is -0.250. The maximum atomic E-state index is 13.3. The predicted octanol–water partition coefficient (Wildman–Crippen LogP) is 6.96. The van der Waals surface area contributed by atoms with E-state index in [-0.39, 0.29) is 0 Å². The lowest BCUT2D eigenvalue weighted by Gasteiger charge is -2.57. The van der Waals surface area contributed by atoms with Crippen molar-refractivity contribution in [1.82, 2.24) is 0 Å². The summed E-state index contributed by atoms with van der Waals surface area (Å²) in [5.74, 6) is 5.79. The summed E-state index contributed by atoms with van der Waals surface area (Å²) in [6.07, 6.45) is 5.01.